The van der Waals surface area contributed by atoms with E-state index < -0.39 is 23.2 Å². The predicted molar refractivity (Wildman–Crippen MR) is 113 cm³/mol. The van der Waals surface area contributed by atoms with Gasteiger partial charge in [0.1, 0.15) is 23.5 Å². The highest BCUT2D eigenvalue weighted by Crippen LogP contribution is 2.44. The first-order chi connectivity index (χ1) is 15.1. The van der Waals surface area contributed by atoms with Crippen molar-refractivity contribution in [3.63, 3.8) is 0 Å². The first kappa shape index (κ1) is 22.4. The zero-order valence-corrected chi connectivity index (χ0v) is 18.0. The molecule has 2 fully saturated rings. The molecule has 0 radical (unpaired) electrons. The molecule has 0 aromatic carbocycles. The predicted octanol–water partition coefficient (Wildman–Crippen LogP) is -0.326. The lowest BCUT2D eigenvalue weighted by Gasteiger charge is -2.51. The van der Waals surface area contributed by atoms with Gasteiger partial charge in [0.25, 0.3) is 0 Å². The van der Waals surface area contributed by atoms with Gasteiger partial charge in [0, 0.05) is 25.9 Å². The van der Waals surface area contributed by atoms with Crippen LogP contribution in [0.2, 0.25) is 0 Å². The van der Waals surface area contributed by atoms with Crippen LogP contribution in [0.1, 0.15) is 45.1 Å². The van der Waals surface area contributed by atoms with Gasteiger partial charge in [0.15, 0.2) is 11.5 Å². The molecule has 2 aliphatic heterocycles. The topological polar surface area (TPSA) is 183 Å². The average Bonchev–Trinajstić information content (AvgIpc) is 3.19. The number of hydrogen-bond donors (Lipinski definition) is 4. The fourth-order valence-corrected chi connectivity index (χ4v) is 4.60. The summed E-state index contributed by atoms with van der Waals surface area (Å²) >= 11 is 0. The molecule has 1 spiro atoms. The third kappa shape index (κ3) is 4.12. The van der Waals surface area contributed by atoms with Crippen LogP contribution in [-0.2, 0) is 14.3 Å². The number of aliphatic hydroxyl groups is 1. The van der Waals surface area contributed by atoms with Gasteiger partial charge < -0.3 is 35.9 Å². The molecule has 3 atom stereocenters. The number of aliphatic carboxylic acids is 1. The Bertz CT molecular complexity index is 1010. The standard InChI is InChI=1S/C20H29N7O5/c1-19(31)9-32-20(4-6-26(7-5-20)14(28)3-2-12(21)18(29)30)8-13(19)27-11-25-15-16(22)23-10-24-17(15)27/h10-13,31H,2-9,21H2,1H3,(H,29,30)(H2,22,23,24)/t12-,13+,19+/m1/s1. The highest BCUT2D eigenvalue weighted by molar-refractivity contribution is 5.81. The van der Waals surface area contributed by atoms with Crippen molar-refractivity contribution < 1.29 is 24.5 Å². The van der Waals surface area contributed by atoms with Gasteiger partial charge in [-0.25, -0.2) is 15.0 Å². The Morgan fingerprint density at radius 1 is 1.31 bits per heavy atom. The molecule has 2 aliphatic rings. The van der Waals surface area contributed by atoms with E-state index in [1.807, 2.05) is 4.57 Å². The molecule has 0 aliphatic carbocycles. The first-order valence-electron chi connectivity index (χ1n) is 10.7. The summed E-state index contributed by atoms with van der Waals surface area (Å²) in [5.41, 5.74) is 10.8. The Hall–Kier alpha value is -2.83. The second kappa shape index (κ2) is 8.26. The van der Waals surface area contributed by atoms with E-state index in [1.54, 1.807) is 18.2 Å². The first-order valence-corrected chi connectivity index (χ1v) is 10.7. The number of aromatic nitrogens is 4. The third-order valence-electron chi connectivity index (χ3n) is 6.69. The summed E-state index contributed by atoms with van der Waals surface area (Å²) in [6, 6.07) is -1.38. The number of amides is 1. The van der Waals surface area contributed by atoms with Gasteiger partial charge in [-0.3, -0.25) is 9.59 Å². The normalized spacial score (nSPS) is 26.3. The number of anilines is 1. The number of ether oxygens (including phenoxy) is 1. The smallest absolute Gasteiger partial charge is 0.320 e. The number of carbonyl (C=O) groups excluding carboxylic acids is 1. The van der Waals surface area contributed by atoms with Gasteiger partial charge in [-0.1, -0.05) is 0 Å². The molecule has 2 aromatic heterocycles. The molecule has 0 saturated carbocycles. The van der Waals surface area contributed by atoms with Crippen molar-refractivity contribution in [2.24, 2.45) is 5.73 Å². The number of imidazole rings is 1. The number of rotatable bonds is 5. The number of nitrogens with two attached hydrogens (primary N) is 2. The van der Waals surface area contributed by atoms with Crippen molar-refractivity contribution in [3.05, 3.63) is 12.7 Å². The maximum atomic E-state index is 12.5. The number of carboxylic acids is 1. The zero-order valence-electron chi connectivity index (χ0n) is 18.0. The molecule has 174 valence electrons. The van der Waals surface area contributed by atoms with Crippen LogP contribution in [-0.4, -0.2) is 83.4 Å². The summed E-state index contributed by atoms with van der Waals surface area (Å²) < 4.78 is 8.00. The molecule has 12 heteroatoms. The number of piperidine rings is 1. The highest BCUT2D eigenvalue weighted by atomic mass is 16.5. The van der Waals surface area contributed by atoms with E-state index in [9.17, 15) is 14.7 Å². The highest BCUT2D eigenvalue weighted by Gasteiger charge is 2.49. The van der Waals surface area contributed by atoms with Crippen LogP contribution in [0.15, 0.2) is 12.7 Å². The fraction of sp³-hybridized carbons (Fsp3) is 0.650. The Kier molecular flexibility index (Phi) is 5.77. The molecule has 12 nitrogen and oxygen atoms in total. The number of carbonyl (C=O) groups is 2. The van der Waals surface area contributed by atoms with Crippen molar-refractivity contribution >= 4 is 28.9 Å². The van der Waals surface area contributed by atoms with E-state index in [-0.39, 0.29) is 37.2 Å². The second-order valence-corrected chi connectivity index (χ2v) is 9.00. The summed E-state index contributed by atoms with van der Waals surface area (Å²) in [5.74, 6) is -0.934. The molecule has 4 rings (SSSR count). The maximum absolute atomic E-state index is 12.5. The molecule has 0 bridgehead atoms. The molecule has 2 aromatic rings. The minimum Gasteiger partial charge on any atom is -0.480 e. The summed E-state index contributed by atoms with van der Waals surface area (Å²) in [6.45, 7) is 2.86. The van der Waals surface area contributed by atoms with Gasteiger partial charge in [-0.2, -0.15) is 0 Å². The van der Waals surface area contributed by atoms with Crippen LogP contribution in [0.25, 0.3) is 11.2 Å². The van der Waals surface area contributed by atoms with Crippen molar-refractivity contribution in [2.75, 3.05) is 25.4 Å². The van der Waals surface area contributed by atoms with Crippen LogP contribution in [0.5, 0.6) is 0 Å². The summed E-state index contributed by atoms with van der Waals surface area (Å²) in [4.78, 5) is 37.7. The molecular formula is C20H29N7O5. The van der Waals surface area contributed by atoms with Gasteiger partial charge >= 0.3 is 5.97 Å². The Balaban J connectivity index is 1.46. The fourth-order valence-electron chi connectivity index (χ4n) is 4.60. The number of nitrogen functional groups attached to an aromatic ring is 1. The van der Waals surface area contributed by atoms with E-state index in [2.05, 4.69) is 15.0 Å². The lowest BCUT2D eigenvalue weighted by molar-refractivity contribution is -0.201. The number of nitrogens with zero attached hydrogens (tertiary/aromatic N) is 5. The van der Waals surface area contributed by atoms with E-state index >= 15 is 0 Å². The van der Waals surface area contributed by atoms with Crippen molar-refractivity contribution in [3.8, 4) is 0 Å². The summed E-state index contributed by atoms with van der Waals surface area (Å²) in [7, 11) is 0. The van der Waals surface area contributed by atoms with Gasteiger partial charge in [-0.05, 0) is 26.2 Å². The Morgan fingerprint density at radius 3 is 2.72 bits per heavy atom. The lowest BCUT2D eigenvalue weighted by Crippen LogP contribution is -2.57. The molecule has 6 N–H and O–H groups in total. The lowest BCUT2D eigenvalue weighted by atomic mass is 9.77. The Morgan fingerprint density at radius 2 is 2.03 bits per heavy atom. The number of likely N-dealkylation sites (tertiary alicyclic amines) is 1. The summed E-state index contributed by atoms with van der Waals surface area (Å²) in [6.07, 6.45) is 4.95. The van der Waals surface area contributed by atoms with Crippen molar-refractivity contribution in [2.45, 2.75) is 62.3 Å². The Labute approximate surface area is 184 Å². The van der Waals surface area contributed by atoms with Crippen LogP contribution in [0, 0.1) is 0 Å². The van der Waals surface area contributed by atoms with Crippen LogP contribution in [0.3, 0.4) is 0 Å². The molecule has 1 amide bonds. The molecule has 32 heavy (non-hydrogen) atoms. The van der Waals surface area contributed by atoms with Gasteiger partial charge in [-0.15, -0.1) is 0 Å². The van der Waals surface area contributed by atoms with Gasteiger partial charge in [0.05, 0.1) is 24.6 Å². The third-order valence-corrected chi connectivity index (χ3v) is 6.69. The number of hydrogen-bond acceptors (Lipinski definition) is 9. The largest absolute Gasteiger partial charge is 0.480 e. The monoisotopic (exact) mass is 447 g/mol. The minimum atomic E-state index is -1.14. The quantitative estimate of drug-likeness (QED) is 0.473. The van der Waals surface area contributed by atoms with Crippen molar-refractivity contribution in [1.82, 2.24) is 24.4 Å². The van der Waals surface area contributed by atoms with Crippen molar-refractivity contribution in [1.29, 1.82) is 0 Å². The van der Waals surface area contributed by atoms with Gasteiger partial charge in [0.2, 0.25) is 5.91 Å². The minimum absolute atomic E-state index is 0.0980. The van der Waals surface area contributed by atoms with Crippen LogP contribution >= 0.6 is 0 Å². The molecular weight excluding hydrogens is 418 g/mol. The van der Waals surface area contributed by atoms with E-state index in [0.29, 0.717) is 43.5 Å². The molecule has 2 saturated heterocycles. The molecule has 0 unspecified atom stereocenters. The van der Waals surface area contributed by atoms with Crippen LogP contribution in [0.4, 0.5) is 5.82 Å². The van der Waals surface area contributed by atoms with E-state index in [0.717, 1.165) is 0 Å². The average molecular weight is 447 g/mol. The molecule has 4 heterocycles. The van der Waals surface area contributed by atoms with E-state index in [4.69, 9.17) is 21.3 Å². The number of fused-ring (bicyclic) bond motifs is 1. The number of carboxylic acid groups (broad SMARTS) is 1. The zero-order chi connectivity index (χ0) is 23.1. The van der Waals surface area contributed by atoms with Crippen LogP contribution < -0.4 is 11.5 Å². The summed E-state index contributed by atoms with van der Waals surface area (Å²) in [5, 5.41) is 20.0. The van der Waals surface area contributed by atoms with E-state index in [1.165, 1.54) is 6.33 Å². The maximum Gasteiger partial charge on any atom is 0.320 e. The SMILES string of the molecule is C[C@]1(O)COC2(CCN(C(=O)CC[C@@H](N)C(=O)O)CC2)C[C@@H]1n1cnc2c(N)ncnc21. The second-order valence-electron chi connectivity index (χ2n) is 9.00.